The molecule has 0 saturated heterocycles. The Morgan fingerprint density at radius 1 is 1.50 bits per heavy atom. The van der Waals surface area contributed by atoms with Crippen LogP contribution in [0.2, 0.25) is 0 Å². The highest BCUT2D eigenvalue weighted by Crippen LogP contribution is 1.87. The topological polar surface area (TPSA) is 3.24 Å². The number of hydrogen-bond donors (Lipinski definition) is 1. The van der Waals surface area contributed by atoms with Gasteiger partial charge in [0.15, 0.2) is 0 Å². The number of rotatable bonds is 4. The molecule has 0 aliphatic carbocycles. The Morgan fingerprint density at radius 2 is 2.12 bits per heavy atom. The van der Waals surface area contributed by atoms with Crippen LogP contribution in [0.3, 0.4) is 0 Å². The lowest BCUT2D eigenvalue weighted by molar-refractivity contribution is 0.382. The van der Waals surface area contributed by atoms with Crippen molar-refractivity contribution in [3.05, 3.63) is 0 Å². The number of thiol groups is 1. The summed E-state index contributed by atoms with van der Waals surface area (Å²) in [6.45, 7) is 2.28. The van der Waals surface area contributed by atoms with Crippen molar-refractivity contribution >= 4 is 35.2 Å². The molecule has 0 aliphatic rings. The van der Waals surface area contributed by atoms with Gasteiger partial charge in [-0.15, -0.1) is 0 Å². The van der Waals surface area contributed by atoms with Gasteiger partial charge in [-0.2, -0.15) is 12.6 Å². The van der Waals surface area contributed by atoms with Gasteiger partial charge in [0, 0.05) is 23.3 Å². The first-order chi connectivity index (χ1) is 3.81. The fourth-order valence-corrected chi connectivity index (χ4v) is 1.59. The minimum Gasteiger partial charge on any atom is -0.305 e. The van der Waals surface area contributed by atoms with Crippen LogP contribution in [0.5, 0.6) is 0 Å². The summed E-state index contributed by atoms with van der Waals surface area (Å²) in [6.07, 6.45) is 0. The summed E-state index contributed by atoms with van der Waals surface area (Å²) in [5.74, 6) is 0.965. The van der Waals surface area contributed by atoms with Gasteiger partial charge in [0.2, 0.25) is 0 Å². The maximum absolute atomic E-state index is 4.11. The maximum atomic E-state index is 4.11. The molecule has 0 fully saturated rings. The largest absolute Gasteiger partial charge is 0.305 e. The lowest BCUT2D eigenvalue weighted by atomic mass is 10.6. The van der Waals surface area contributed by atoms with Gasteiger partial charge < -0.3 is 4.90 Å². The molecule has 1 nitrogen and oxygen atoms in total. The third kappa shape index (κ3) is 5.18. The van der Waals surface area contributed by atoms with Gasteiger partial charge in [-0.3, -0.25) is 0 Å². The highest BCUT2D eigenvalue weighted by atomic mass is 127. The molecule has 0 N–H and O–H groups in total. The summed E-state index contributed by atoms with van der Waals surface area (Å²) in [4.78, 5) is 2.28. The monoisotopic (exact) mass is 245 g/mol. The second-order valence-electron chi connectivity index (χ2n) is 1.72. The van der Waals surface area contributed by atoms with E-state index in [1.807, 2.05) is 0 Å². The Morgan fingerprint density at radius 3 is 2.50 bits per heavy atom. The summed E-state index contributed by atoms with van der Waals surface area (Å²) in [5, 5.41) is 0. The van der Waals surface area contributed by atoms with Crippen molar-refractivity contribution < 1.29 is 0 Å². The van der Waals surface area contributed by atoms with Crippen molar-refractivity contribution in [2.75, 3.05) is 30.3 Å². The average Bonchev–Trinajstić information content (AvgIpc) is 1.68. The van der Waals surface area contributed by atoms with Crippen molar-refractivity contribution in [2.24, 2.45) is 0 Å². The normalized spacial score (nSPS) is 10.5. The van der Waals surface area contributed by atoms with E-state index in [4.69, 9.17) is 0 Å². The number of halogens is 1. The Balaban J connectivity index is 2.92. The first kappa shape index (κ1) is 9.04. The standard InChI is InChI=1S/C5H12INS/c1-7(3-2-6)4-5-8/h8H,2-5H2,1H3. The van der Waals surface area contributed by atoms with E-state index >= 15 is 0 Å². The van der Waals surface area contributed by atoms with Crippen LogP contribution in [-0.4, -0.2) is 35.2 Å². The predicted octanol–water partition coefficient (Wildman–Crippen LogP) is 1.28. The molecular formula is C5H12INS. The van der Waals surface area contributed by atoms with E-state index in [2.05, 4.69) is 47.2 Å². The van der Waals surface area contributed by atoms with Crippen molar-refractivity contribution in [1.82, 2.24) is 4.90 Å². The average molecular weight is 245 g/mol. The van der Waals surface area contributed by atoms with Gasteiger partial charge in [-0.05, 0) is 7.05 Å². The number of hydrogen-bond acceptors (Lipinski definition) is 2. The molecule has 3 heteroatoms. The molecule has 0 spiro atoms. The lowest BCUT2D eigenvalue weighted by Gasteiger charge is -2.11. The van der Waals surface area contributed by atoms with E-state index in [0.29, 0.717) is 0 Å². The molecule has 0 amide bonds. The second-order valence-corrected chi connectivity index (χ2v) is 3.24. The van der Waals surface area contributed by atoms with Crippen LogP contribution in [-0.2, 0) is 0 Å². The van der Waals surface area contributed by atoms with Crippen LogP contribution >= 0.6 is 35.2 Å². The first-order valence-corrected chi connectivity index (χ1v) is 4.82. The van der Waals surface area contributed by atoms with E-state index in [1.165, 1.54) is 11.0 Å². The third-order valence-electron chi connectivity index (χ3n) is 0.948. The van der Waals surface area contributed by atoms with Crippen molar-refractivity contribution in [2.45, 2.75) is 0 Å². The van der Waals surface area contributed by atoms with Crippen LogP contribution in [0, 0.1) is 0 Å². The molecule has 8 heavy (non-hydrogen) atoms. The van der Waals surface area contributed by atoms with Gasteiger partial charge in [-0.25, -0.2) is 0 Å². The molecule has 0 aromatic rings. The van der Waals surface area contributed by atoms with Gasteiger partial charge >= 0.3 is 0 Å². The smallest absolute Gasteiger partial charge is 0.0123 e. The number of alkyl halides is 1. The molecule has 0 aliphatic heterocycles. The molecule has 0 aromatic heterocycles. The van der Waals surface area contributed by atoms with Crippen LogP contribution in [0.1, 0.15) is 0 Å². The highest BCUT2D eigenvalue weighted by Gasteiger charge is 1.91. The molecule has 0 unspecified atom stereocenters. The predicted molar refractivity (Wildman–Crippen MR) is 50.2 cm³/mol. The number of nitrogens with zero attached hydrogens (tertiary/aromatic N) is 1. The fourth-order valence-electron chi connectivity index (χ4n) is 0.427. The fraction of sp³-hybridized carbons (Fsp3) is 1.00. The molecule has 0 heterocycles. The van der Waals surface area contributed by atoms with Gasteiger partial charge in [-0.1, -0.05) is 22.6 Å². The van der Waals surface area contributed by atoms with Crippen LogP contribution in [0.15, 0.2) is 0 Å². The maximum Gasteiger partial charge on any atom is 0.0123 e. The zero-order valence-corrected chi connectivity index (χ0v) is 8.15. The summed E-state index contributed by atoms with van der Waals surface area (Å²) in [6, 6.07) is 0. The Bertz CT molecular complexity index is 45.7. The Hall–Kier alpha value is 1.04. The minimum atomic E-state index is 0.965. The molecular weight excluding hydrogens is 233 g/mol. The third-order valence-corrected chi connectivity index (χ3v) is 1.63. The molecule has 0 rings (SSSR count). The summed E-state index contributed by atoms with van der Waals surface area (Å²) >= 11 is 6.48. The van der Waals surface area contributed by atoms with Crippen LogP contribution in [0.25, 0.3) is 0 Å². The van der Waals surface area contributed by atoms with Crippen molar-refractivity contribution in [1.29, 1.82) is 0 Å². The van der Waals surface area contributed by atoms with E-state index in [9.17, 15) is 0 Å². The second kappa shape index (κ2) is 6.16. The van der Waals surface area contributed by atoms with Crippen LogP contribution < -0.4 is 0 Å². The minimum absolute atomic E-state index is 0.965. The van der Waals surface area contributed by atoms with E-state index in [0.717, 1.165) is 12.3 Å². The zero-order chi connectivity index (χ0) is 6.41. The zero-order valence-electron chi connectivity index (χ0n) is 5.10. The molecule has 50 valence electrons. The van der Waals surface area contributed by atoms with Crippen molar-refractivity contribution in [3.8, 4) is 0 Å². The van der Waals surface area contributed by atoms with Crippen molar-refractivity contribution in [3.63, 3.8) is 0 Å². The summed E-state index contributed by atoms with van der Waals surface area (Å²) in [5.41, 5.74) is 0. The van der Waals surface area contributed by atoms with Gasteiger partial charge in [0.05, 0.1) is 0 Å². The van der Waals surface area contributed by atoms with E-state index in [1.54, 1.807) is 0 Å². The molecule has 0 aromatic carbocycles. The highest BCUT2D eigenvalue weighted by molar-refractivity contribution is 14.1. The Kier molecular flexibility index (Phi) is 6.97. The quantitative estimate of drug-likeness (QED) is 0.443. The van der Waals surface area contributed by atoms with E-state index in [-0.39, 0.29) is 0 Å². The Labute approximate surface area is 70.4 Å². The molecule has 0 atom stereocenters. The SMILES string of the molecule is CN(CCS)CCI. The van der Waals surface area contributed by atoms with Crippen LogP contribution in [0.4, 0.5) is 0 Å². The molecule has 0 bridgehead atoms. The summed E-state index contributed by atoms with van der Waals surface area (Å²) in [7, 11) is 2.12. The van der Waals surface area contributed by atoms with E-state index < -0.39 is 0 Å². The molecule has 0 saturated carbocycles. The summed E-state index contributed by atoms with van der Waals surface area (Å²) < 4.78 is 1.21. The lowest BCUT2D eigenvalue weighted by Crippen LogP contribution is -2.22. The molecule has 0 radical (unpaired) electrons. The van der Waals surface area contributed by atoms with Gasteiger partial charge in [0.25, 0.3) is 0 Å². The van der Waals surface area contributed by atoms with Gasteiger partial charge in [0.1, 0.15) is 0 Å². The first-order valence-electron chi connectivity index (χ1n) is 2.66.